The maximum absolute atomic E-state index is 13.8. The first-order valence-corrected chi connectivity index (χ1v) is 6.43. The van der Waals surface area contributed by atoms with Gasteiger partial charge in [0.2, 0.25) is 0 Å². The summed E-state index contributed by atoms with van der Waals surface area (Å²) in [5.74, 6) is -0.451. The van der Waals surface area contributed by atoms with Gasteiger partial charge in [0.1, 0.15) is 5.82 Å². The molecule has 1 unspecified atom stereocenters. The molecule has 5 heteroatoms. The summed E-state index contributed by atoms with van der Waals surface area (Å²) in [6, 6.07) is 10.8. The largest absolute Gasteiger partial charge is 0.394 e. The third-order valence-electron chi connectivity index (χ3n) is 2.71. The Labute approximate surface area is 120 Å². The molecule has 0 bridgehead atoms. The third-order valence-corrected chi connectivity index (χ3v) is 3.19. The van der Waals surface area contributed by atoms with E-state index in [2.05, 4.69) is 5.32 Å². The molecule has 0 aliphatic rings. The van der Waals surface area contributed by atoms with Gasteiger partial charge in [-0.3, -0.25) is 0 Å². The predicted octanol–water partition coefficient (Wildman–Crippen LogP) is 4.28. The third kappa shape index (κ3) is 3.60. The number of nitrogens with one attached hydrogen (secondary N) is 1. The van der Waals surface area contributed by atoms with Gasteiger partial charge in [-0.15, -0.1) is 0 Å². The Morgan fingerprint density at radius 1 is 1.05 bits per heavy atom. The van der Waals surface area contributed by atoms with Crippen LogP contribution >= 0.6 is 23.2 Å². The van der Waals surface area contributed by atoms with E-state index in [9.17, 15) is 9.50 Å². The van der Waals surface area contributed by atoms with Crippen molar-refractivity contribution in [1.82, 2.24) is 0 Å². The van der Waals surface area contributed by atoms with E-state index in [4.69, 9.17) is 23.2 Å². The predicted molar refractivity (Wildman–Crippen MR) is 76.3 cm³/mol. The van der Waals surface area contributed by atoms with Crippen LogP contribution in [-0.2, 0) is 0 Å². The SMILES string of the molecule is OCC(Nc1ccc(Cl)cc1)c1ccc(Cl)cc1F. The van der Waals surface area contributed by atoms with Crippen molar-refractivity contribution in [2.45, 2.75) is 6.04 Å². The lowest BCUT2D eigenvalue weighted by Crippen LogP contribution is -2.16. The Kier molecular flexibility index (Phi) is 4.64. The number of hydrogen-bond donors (Lipinski definition) is 2. The van der Waals surface area contributed by atoms with Crippen LogP contribution in [0.15, 0.2) is 42.5 Å². The van der Waals surface area contributed by atoms with Crippen molar-refractivity contribution in [1.29, 1.82) is 0 Å². The highest BCUT2D eigenvalue weighted by molar-refractivity contribution is 6.30. The fourth-order valence-corrected chi connectivity index (χ4v) is 2.04. The molecule has 0 heterocycles. The lowest BCUT2D eigenvalue weighted by atomic mass is 10.1. The summed E-state index contributed by atoms with van der Waals surface area (Å²) in [6.07, 6.45) is 0. The van der Waals surface area contributed by atoms with Gasteiger partial charge in [-0.25, -0.2) is 4.39 Å². The molecule has 0 aromatic heterocycles. The minimum atomic E-state index is -0.543. The molecule has 100 valence electrons. The smallest absolute Gasteiger partial charge is 0.130 e. The Hall–Kier alpha value is -1.29. The summed E-state index contributed by atoms with van der Waals surface area (Å²) in [7, 11) is 0. The monoisotopic (exact) mass is 299 g/mol. The van der Waals surface area contributed by atoms with Crippen molar-refractivity contribution in [2.24, 2.45) is 0 Å². The molecule has 0 saturated heterocycles. The number of aliphatic hydroxyl groups is 1. The van der Waals surface area contributed by atoms with Crippen LogP contribution in [0, 0.1) is 5.82 Å². The summed E-state index contributed by atoms with van der Waals surface area (Å²) in [5.41, 5.74) is 1.11. The number of anilines is 1. The zero-order chi connectivity index (χ0) is 13.8. The van der Waals surface area contributed by atoms with Gasteiger partial charge in [0, 0.05) is 21.3 Å². The Morgan fingerprint density at radius 3 is 2.26 bits per heavy atom. The Balaban J connectivity index is 2.22. The van der Waals surface area contributed by atoms with Crippen molar-refractivity contribution < 1.29 is 9.50 Å². The summed E-state index contributed by atoms with van der Waals surface area (Å²) in [4.78, 5) is 0. The van der Waals surface area contributed by atoms with Crippen molar-refractivity contribution in [3.05, 3.63) is 63.9 Å². The Morgan fingerprint density at radius 2 is 1.68 bits per heavy atom. The lowest BCUT2D eigenvalue weighted by Gasteiger charge is -2.18. The summed E-state index contributed by atoms with van der Waals surface area (Å²) < 4.78 is 13.8. The second-order valence-electron chi connectivity index (χ2n) is 4.05. The molecule has 2 aromatic carbocycles. The highest BCUT2D eigenvalue weighted by Gasteiger charge is 2.15. The minimum Gasteiger partial charge on any atom is -0.394 e. The van der Waals surface area contributed by atoms with Crippen molar-refractivity contribution in [3.63, 3.8) is 0 Å². The number of halogens is 3. The fourth-order valence-electron chi connectivity index (χ4n) is 1.75. The number of hydrogen-bond acceptors (Lipinski definition) is 2. The van der Waals surface area contributed by atoms with Crippen LogP contribution < -0.4 is 5.32 Å². The van der Waals surface area contributed by atoms with E-state index in [0.717, 1.165) is 5.69 Å². The second-order valence-corrected chi connectivity index (χ2v) is 4.93. The minimum absolute atomic E-state index is 0.235. The molecule has 1 atom stereocenters. The molecule has 19 heavy (non-hydrogen) atoms. The summed E-state index contributed by atoms with van der Waals surface area (Å²) in [5, 5.41) is 13.4. The van der Waals surface area contributed by atoms with Crippen LogP contribution in [0.2, 0.25) is 10.0 Å². The molecule has 2 rings (SSSR count). The van der Waals surface area contributed by atoms with Crippen LogP contribution in [0.25, 0.3) is 0 Å². The normalized spacial score (nSPS) is 12.2. The topological polar surface area (TPSA) is 32.3 Å². The molecule has 2 aromatic rings. The molecule has 2 N–H and O–H groups in total. The zero-order valence-corrected chi connectivity index (χ0v) is 11.4. The standard InChI is InChI=1S/C14H12Cl2FNO/c15-9-1-4-11(5-2-9)18-14(8-19)12-6-3-10(16)7-13(12)17/h1-7,14,18-19H,8H2. The highest BCUT2D eigenvalue weighted by Crippen LogP contribution is 2.24. The Bertz CT molecular complexity index is 560. The maximum atomic E-state index is 13.8. The van der Waals surface area contributed by atoms with E-state index in [1.54, 1.807) is 36.4 Å². The van der Waals surface area contributed by atoms with Gasteiger partial charge < -0.3 is 10.4 Å². The van der Waals surface area contributed by atoms with Gasteiger partial charge in [-0.05, 0) is 36.4 Å². The average Bonchev–Trinajstić information content (AvgIpc) is 2.39. The number of aliphatic hydroxyl groups excluding tert-OH is 1. The van der Waals surface area contributed by atoms with Crippen molar-refractivity contribution >= 4 is 28.9 Å². The molecule has 0 radical (unpaired) electrons. The van der Waals surface area contributed by atoms with Crippen LogP contribution in [-0.4, -0.2) is 11.7 Å². The van der Waals surface area contributed by atoms with Crippen LogP contribution in [0.5, 0.6) is 0 Å². The van der Waals surface area contributed by atoms with Crippen LogP contribution in [0.4, 0.5) is 10.1 Å². The van der Waals surface area contributed by atoms with Gasteiger partial charge in [0.05, 0.1) is 12.6 Å². The van der Waals surface area contributed by atoms with Gasteiger partial charge in [0.25, 0.3) is 0 Å². The van der Waals surface area contributed by atoms with E-state index >= 15 is 0 Å². The zero-order valence-electron chi connectivity index (χ0n) is 9.91. The fraction of sp³-hybridized carbons (Fsp3) is 0.143. The first-order chi connectivity index (χ1) is 9.10. The maximum Gasteiger partial charge on any atom is 0.130 e. The number of benzene rings is 2. The molecule has 0 fully saturated rings. The molecule has 0 aliphatic carbocycles. The van der Waals surface area contributed by atoms with Gasteiger partial charge in [-0.2, -0.15) is 0 Å². The van der Waals surface area contributed by atoms with Crippen LogP contribution in [0.3, 0.4) is 0 Å². The molecule has 0 aliphatic heterocycles. The van der Waals surface area contributed by atoms with Gasteiger partial charge in [-0.1, -0.05) is 29.3 Å². The highest BCUT2D eigenvalue weighted by atomic mass is 35.5. The van der Waals surface area contributed by atoms with Crippen molar-refractivity contribution in [3.8, 4) is 0 Å². The average molecular weight is 300 g/mol. The molecule has 0 saturated carbocycles. The van der Waals surface area contributed by atoms with Gasteiger partial charge in [0.15, 0.2) is 0 Å². The van der Waals surface area contributed by atoms with Crippen LogP contribution in [0.1, 0.15) is 11.6 Å². The van der Waals surface area contributed by atoms with E-state index in [1.165, 1.54) is 6.07 Å². The molecule has 0 amide bonds. The van der Waals surface area contributed by atoms with Crippen molar-refractivity contribution in [2.75, 3.05) is 11.9 Å². The van der Waals surface area contributed by atoms with E-state index in [0.29, 0.717) is 15.6 Å². The van der Waals surface area contributed by atoms with E-state index in [-0.39, 0.29) is 6.61 Å². The summed E-state index contributed by atoms with van der Waals surface area (Å²) >= 11 is 11.5. The molecule has 0 spiro atoms. The first kappa shape index (κ1) is 14.1. The van der Waals surface area contributed by atoms with E-state index < -0.39 is 11.9 Å². The summed E-state index contributed by atoms with van der Waals surface area (Å²) in [6.45, 7) is -0.235. The second kappa shape index (κ2) is 6.24. The lowest BCUT2D eigenvalue weighted by molar-refractivity contribution is 0.274. The first-order valence-electron chi connectivity index (χ1n) is 5.68. The van der Waals surface area contributed by atoms with E-state index in [1.807, 2.05) is 0 Å². The number of rotatable bonds is 4. The molecular weight excluding hydrogens is 288 g/mol. The molecular formula is C14H12Cl2FNO. The molecule has 2 nitrogen and oxygen atoms in total. The van der Waals surface area contributed by atoms with Gasteiger partial charge >= 0.3 is 0 Å². The quantitative estimate of drug-likeness (QED) is 0.883.